The molecule has 20 heavy (non-hydrogen) atoms. The van der Waals surface area contributed by atoms with E-state index in [-0.39, 0.29) is 0 Å². The van der Waals surface area contributed by atoms with Crippen LogP contribution in [0.15, 0.2) is 0 Å². The van der Waals surface area contributed by atoms with Gasteiger partial charge in [-0.1, -0.05) is 46.5 Å². The zero-order chi connectivity index (χ0) is 14.8. The van der Waals surface area contributed by atoms with Crippen LogP contribution in [0.2, 0.25) is 0 Å². The molecule has 0 bridgehead atoms. The van der Waals surface area contributed by atoms with Crippen LogP contribution in [0.25, 0.3) is 0 Å². The van der Waals surface area contributed by atoms with Gasteiger partial charge in [0.25, 0.3) is 0 Å². The van der Waals surface area contributed by atoms with Crippen molar-refractivity contribution in [2.24, 2.45) is 5.92 Å². The highest BCUT2D eigenvalue weighted by Crippen LogP contribution is 2.17. The highest BCUT2D eigenvalue weighted by molar-refractivity contribution is 5.76. The summed E-state index contributed by atoms with van der Waals surface area (Å²) in [6.45, 7) is 9.59. The number of carbonyl (C=O) groups excluding carboxylic acids is 1. The molecule has 118 valence electrons. The van der Waals surface area contributed by atoms with E-state index in [2.05, 4.69) is 31.0 Å². The van der Waals surface area contributed by atoms with E-state index >= 15 is 0 Å². The van der Waals surface area contributed by atoms with Crippen LogP contribution in [0.3, 0.4) is 0 Å². The summed E-state index contributed by atoms with van der Waals surface area (Å²) in [7, 11) is 0. The number of likely N-dealkylation sites (tertiary alicyclic amines) is 1. The maximum atomic E-state index is 12.2. The summed E-state index contributed by atoms with van der Waals surface area (Å²) in [5.41, 5.74) is 0. The van der Waals surface area contributed by atoms with Gasteiger partial charge in [-0.25, -0.2) is 0 Å². The van der Waals surface area contributed by atoms with Crippen molar-refractivity contribution in [1.29, 1.82) is 0 Å². The SMILES string of the molecule is CCCCCCCC(=O)N1CCCC(CNC(C)C)C1. The van der Waals surface area contributed by atoms with Gasteiger partial charge in [0.1, 0.15) is 0 Å². The summed E-state index contributed by atoms with van der Waals surface area (Å²) >= 11 is 0. The molecular formula is C17H34N2O. The molecule has 3 nitrogen and oxygen atoms in total. The molecular weight excluding hydrogens is 248 g/mol. The molecule has 1 fully saturated rings. The summed E-state index contributed by atoms with van der Waals surface area (Å²) in [6.07, 6.45) is 9.34. The van der Waals surface area contributed by atoms with Crippen molar-refractivity contribution in [2.45, 2.75) is 78.2 Å². The summed E-state index contributed by atoms with van der Waals surface area (Å²) < 4.78 is 0. The Morgan fingerprint density at radius 3 is 2.70 bits per heavy atom. The van der Waals surface area contributed by atoms with Crippen LogP contribution in [0.4, 0.5) is 0 Å². The summed E-state index contributed by atoms with van der Waals surface area (Å²) in [5.74, 6) is 1.03. The standard InChI is InChI=1S/C17H34N2O/c1-4-5-6-7-8-11-17(20)19-12-9-10-16(14-19)13-18-15(2)3/h15-16,18H,4-14H2,1-3H3. The van der Waals surface area contributed by atoms with Crippen molar-refractivity contribution in [3.8, 4) is 0 Å². The van der Waals surface area contributed by atoms with Gasteiger partial charge in [-0.2, -0.15) is 0 Å². The first-order valence-corrected chi connectivity index (χ1v) is 8.64. The van der Waals surface area contributed by atoms with E-state index in [9.17, 15) is 4.79 Å². The summed E-state index contributed by atoms with van der Waals surface area (Å²) in [5, 5.41) is 3.50. The molecule has 1 heterocycles. The van der Waals surface area contributed by atoms with Crippen LogP contribution in [0, 0.1) is 5.92 Å². The molecule has 1 N–H and O–H groups in total. The zero-order valence-corrected chi connectivity index (χ0v) is 13.8. The van der Waals surface area contributed by atoms with Crippen molar-refractivity contribution in [1.82, 2.24) is 10.2 Å². The number of piperidine rings is 1. The largest absolute Gasteiger partial charge is 0.342 e. The van der Waals surface area contributed by atoms with Crippen LogP contribution in [-0.4, -0.2) is 36.5 Å². The Balaban J connectivity index is 2.19. The first-order valence-electron chi connectivity index (χ1n) is 8.64. The van der Waals surface area contributed by atoms with Gasteiger partial charge in [-0.05, 0) is 31.7 Å². The van der Waals surface area contributed by atoms with E-state index < -0.39 is 0 Å². The number of amides is 1. The minimum Gasteiger partial charge on any atom is -0.342 e. The molecule has 1 amide bonds. The van der Waals surface area contributed by atoms with E-state index in [1.807, 2.05) is 0 Å². The molecule has 1 aliphatic rings. The maximum absolute atomic E-state index is 12.2. The number of hydrogen-bond donors (Lipinski definition) is 1. The Morgan fingerprint density at radius 1 is 1.25 bits per heavy atom. The van der Waals surface area contributed by atoms with E-state index in [0.29, 0.717) is 17.9 Å². The highest BCUT2D eigenvalue weighted by Gasteiger charge is 2.23. The fourth-order valence-electron chi connectivity index (χ4n) is 2.90. The van der Waals surface area contributed by atoms with Crippen molar-refractivity contribution in [2.75, 3.05) is 19.6 Å². The Labute approximate surface area is 125 Å². The molecule has 1 aliphatic heterocycles. The Morgan fingerprint density at radius 2 is 2.00 bits per heavy atom. The lowest BCUT2D eigenvalue weighted by Gasteiger charge is -2.33. The molecule has 1 atom stereocenters. The van der Waals surface area contributed by atoms with E-state index in [4.69, 9.17) is 0 Å². The Kier molecular flexibility index (Phi) is 8.92. The van der Waals surface area contributed by atoms with Crippen LogP contribution in [0.5, 0.6) is 0 Å². The fraction of sp³-hybridized carbons (Fsp3) is 0.941. The van der Waals surface area contributed by atoms with Gasteiger partial charge >= 0.3 is 0 Å². The molecule has 0 radical (unpaired) electrons. The lowest BCUT2D eigenvalue weighted by molar-refractivity contribution is -0.133. The first-order chi connectivity index (χ1) is 9.63. The predicted molar refractivity (Wildman–Crippen MR) is 85.8 cm³/mol. The Bertz CT molecular complexity index is 266. The summed E-state index contributed by atoms with van der Waals surface area (Å²) in [6, 6.07) is 0.541. The smallest absolute Gasteiger partial charge is 0.222 e. The number of rotatable bonds is 9. The molecule has 0 saturated carbocycles. The number of hydrogen-bond acceptors (Lipinski definition) is 2. The van der Waals surface area contributed by atoms with Gasteiger partial charge in [0.15, 0.2) is 0 Å². The third-order valence-electron chi connectivity index (χ3n) is 4.18. The van der Waals surface area contributed by atoms with E-state index in [1.54, 1.807) is 0 Å². The second-order valence-electron chi connectivity index (χ2n) is 6.58. The number of nitrogens with zero attached hydrogens (tertiary/aromatic N) is 1. The van der Waals surface area contributed by atoms with Gasteiger partial charge in [0.2, 0.25) is 5.91 Å². The van der Waals surface area contributed by atoms with Gasteiger partial charge in [0, 0.05) is 25.6 Å². The van der Waals surface area contributed by atoms with Gasteiger partial charge in [-0.15, -0.1) is 0 Å². The molecule has 3 heteroatoms. The second kappa shape index (κ2) is 10.2. The number of nitrogens with one attached hydrogen (secondary N) is 1. The van der Waals surface area contributed by atoms with Crippen molar-refractivity contribution >= 4 is 5.91 Å². The topological polar surface area (TPSA) is 32.3 Å². The van der Waals surface area contributed by atoms with E-state index in [1.165, 1.54) is 38.5 Å². The molecule has 0 aromatic heterocycles. The first kappa shape index (κ1) is 17.5. The lowest BCUT2D eigenvalue weighted by Crippen LogP contribution is -2.43. The molecule has 0 aromatic rings. The highest BCUT2D eigenvalue weighted by atomic mass is 16.2. The van der Waals surface area contributed by atoms with Gasteiger partial charge in [-0.3, -0.25) is 4.79 Å². The molecule has 1 unspecified atom stereocenters. The van der Waals surface area contributed by atoms with Crippen LogP contribution in [-0.2, 0) is 4.79 Å². The van der Waals surface area contributed by atoms with Gasteiger partial charge in [0.05, 0.1) is 0 Å². The monoisotopic (exact) mass is 282 g/mol. The zero-order valence-electron chi connectivity index (χ0n) is 13.8. The minimum atomic E-state index is 0.385. The molecule has 0 aromatic carbocycles. The average Bonchev–Trinajstić information content (AvgIpc) is 2.45. The summed E-state index contributed by atoms with van der Waals surface area (Å²) in [4.78, 5) is 14.3. The van der Waals surface area contributed by atoms with Crippen molar-refractivity contribution in [3.05, 3.63) is 0 Å². The molecule has 1 saturated heterocycles. The molecule has 0 aliphatic carbocycles. The van der Waals surface area contributed by atoms with Crippen LogP contribution < -0.4 is 5.32 Å². The van der Waals surface area contributed by atoms with Gasteiger partial charge < -0.3 is 10.2 Å². The van der Waals surface area contributed by atoms with Crippen molar-refractivity contribution < 1.29 is 4.79 Å². The third-order valence-corrected chi connectivity index (χ3v) is 4.18. The van der Waals surface area contributed by atoms with Crippen LogP contribution in [0.1, 0.15) is 72.1 Å². The maximum Gasteiger partial charge on any atom is 0.222 e. The minimum absolute atomic E-state index is 0.385. The normalized spacial score (nSPS) is 19.6. The lowest BCUT2D eigenvalue weighted by atomic mass is 9.97. The predicted octanol–water partition coefficient (Wildman–Crippen LogP) is 3.58. The third kappa shape index (κ3) is 7.28. The molecule has 0 spiro atoms. The van der Waals surface area contributed by atoms with E-state index in [0.717, 1.165) is 32.5 Å². The number of unbranched alkanes of at least 4 members (excludes halogenated alkanes) is 4. The quantitative estimate of drug-likeness (QED) is 0.656. The average molecular weight is 282 g/mol. The molecule has 1 rings (SSSR count). The second-order valence-corrected chi connectivity index (χ2v) is 6.58. The Hall–Kier alpha value is -0.570. The number of carbonyl (C=O) groups is 1. The van der Waals surface area contributed by atoms with Crippen LogP contribution >= 0.6 is 0 Å². The van der Waals surface area contributed by atoms with Crippen molar-refractivity contribution in [3.63, 3.8) is 0 Å². The fourth-order valence-corrected chi connectivity index (χ4v) is 2.90.